The Balaban J connectivity index is 1.38. The minimum Gasteiger partial charge on any atom is -0.491 e. The van der Waals surface area contributed by atoms with Gasteiger partial charge in [0.2, 0.25) is 0 Å². The lowest BCUT2D eigenvalue weighted by molar-refractivity contribution is -0.0765. The van der Waals surface area contributed by atoms with E-state index in [0.717, 1.165) is 5.39 Å². The molecule has 5 rings (SSSR count). The molecule has 0 spiro atoms. The standard InChI is InChI=1S/C21H21ClN6O4/c1-21(30)15(8-31-11-3-2-10-6-13(22)18(24)27-14(10)7-11)32-20(16(21)29)28-5-4-12-17(23)25-9-26-19(12)28/h2-7,9,15-16,20,29-30H,8H2,1H3,(H2,24,27)(H2,23,25,26)/t15-,16+,20-,21-/m1/s1. The lowest BCUT2D eigenvalue weighted by atomic mass is 9.95. The molecule has 4 aromatic rings. The third-order valence-corrected chi connectivity index (χ3v) is 6.11. The van der Waals surface area contributed by atoms with Crippen molar-refractivity contribution in [3.8, 4) is 5.75 Å². The number of halogens is 1. The molecule has 1 aliphatic rings. The van der Waals surface area contributed by atoms with E-state index in [1.165, 1.54) is 13.3 Å². The van der Waals surface area contributed by atoms with Gasteiger partial charge in [-0.1, -0.05) is 11.6 Å². The highest BCUT2D eigenvalue weighted by Crippen LogP contribution is 2.39. The summed E-state index contributed by atoms with van der Waals surface area (Å²) < 4.78 is 13.5. The van der Waals surface area contributed by atoms with Crippen LogP contribution in [0.3, 0.4) is 0 Å². The van der Waals surface area contributed by atoms with Crippen molar-refractivity contribution in [1.29, 1.82) is 0 Å². The van der Waals surface area contributed by atoms with Crippen LogP contribution in [0.25, 0.3) is 21.9 Å². The van der Waals surface area contributed by atoms with Gasteiger partial charge in [-0.2, -0.15) is 0 Å². The number of nitrogen functional groups attached to an aromatic ring is 2. The Morgan fingerprint density at radius 3 is 2.84 bits per heavy atom. The molecule has 0 saturated carbocycles. The number of aliphatic hydroxyl groups is 2. The monoisotopic (exact) mass is 456 g/mol. The summed E-state index contributed by atoms with van der Waals surface area (Å²) in [6.07, 6.45) is 0.0850. The first kappa shape index (κ1) is 20.7. The molecule has 0 radical (unpaired) electrons. The Morgan fingerprint density at radius 2 is 2.03 bits per heavy atom. The average molecular weight is 457 g/mol. The molecule has 1 fully saturated rings. The second-order valence-electron chi connectivity index (χ2n) is 7.93. The van der Waals surface area contributed by atoms with Gasteiger partial charge in [-0.05, 0) is 31.2 Å². The van der Waals surface area contributed by atoms with Crippen molar-refractivity contribution in [2.45, 2.75) is 31.0 Å². The maximum Gasteiger partial charge on any atom is 0.164 e. The largest absolute Gasteiger partial charge is 0.491 e. The number of ether oxygens (including phenoxy) is 2. The van der Waals surface area contributed by atoms with Crippen molar-refractivity contribution < 1.29 is 19.7 Å². The predicted octanol–water partition coefficient (Wildman–Crippen LogP) is 1.89. The van der Waals surface area contributed by atoms with E-state index in [0.29, 0.717) is 33.1 Å². The van der Waals surface area contributed by atoms with Gasteiger partial charge in [0, 0.05) is 17.6 Å². The van der Waals surface area contributed by atoms with Crippen molar-refractivity contribution >= 4 is 45.2 Å². The van der Waals surface area contributed by atoms with Gasteiger partial charge in [0.15, 0.2) is 6.23 Å². The molecule has 6 N–H and O–H groups in total. The molecule has 0 unspecified atom stereocenters. The topological polar surface area (TPSA) is 155 Å². The highest BCUT2D eigenvalue weighted by molar-refractivity contribution is 6.33. The van der Waals surface area contributed by atoms with Crippen molar-refractivity contribution in [3.63, 3.8) is 0 Å². The van der Waals surface area contributed by atoms with E-state index in [2.05, 4.69) is 15.0 Å². The highest BCUT2D eigenvalue weighted by atomic mass is 35.5. The first-order valence-electron chi connectivity index (χ1n) is 9.87. The lowest BCUT2D eigenvalue weighted by Crippen LogP contribution is -2.47. The molecule has 11 heteroatoms. The van der Waals surface area contributed by atoms with Crippen LogP contribution in [0.2, 0.25) is 5.02 Å². The summed E-state index contributed by atoms with van der Waals surface area (Å²) in [6.45, 7) is 1.50. The van der Waals surface area contributed by atoms with Gasteiger partial charge in [0.25, 0.3) is 0 Å². The number of benzene rings is 1. The van der Waals surface area contributed by atoms with E-state index in [-0.39, 0.29) is 12.4 Å². The van der Waals surface area contributed by atoms with E-state index in [1.54, 1.807) is 35.0 Å². The van der Waals surface area contributed by atoms with Crippen LogP contribution in [0.15, 0.2) is 42.9 Å². The Hall–Kier alpha value is -3.18. The summed E-state index contributed by atoms with van der Waals surface area (Å²) in [6, 6.07) is 8.75. The molecule has 4 atom stereocenters. The molecule has 10 nitrogen and oxygen atoms in total. The molecule has 166 valence electrons. The number of hydrogen-bond acceptors (Lipinski definition) is 9. The third kappa shape index (κ3) is 3.28. The summed E-state index contributed by atoms with van der Waals surface area (Å²) >= 11 is 6.02. The van der Waals surface area contributed by atoms with E-state index in [9.17, 15) is 10.2 Å². The smallest absolute Gasteiger partial charge is 0.164 e. The van der Waals surface area contributed by atoms with Crippen LogP contribution in [-0.4, -0.2) is 54.1 Å². The normalized spacial score (nSPS) is 25.6. The molecule has 0 bridgehead atoms. The molecule has 3 aromatic heterocycles. The highest BCUT2D eigenvalue weighted by Gasteiger charge is 2.53. The fourth-order valence-corrected chi connectivity index (χ4v) is 4.04. The summed E-state index contributed by atoms with van der Waals surface area (Å²) in [4.78, 5) is 12.5. The van der Waals surface area contributed by atoms with Crippen LogP contribution in [-0.2, 0) is 4.74 Å². The SMILES string of the molecule is C[C@@]1(O)[C@@H](COc2ccc3cc(Cl)c(N)nc3c2)O[C@@H](n2ccc3c(N)ncnc32)[C@@H]1O. The van der Waals surface area contributed by atoms with Gasteiger partial charge in [-0.3, -0.25) is 0 Å². The van der Waals surface area contributed by atoms with E-state index in [1.807, 2.05) is 6.07 Å². The summed E-state index contributed by atoms with van der Waals surface area (Å²) in [5, 5.41) is 23.6. The zero-order valence-corrected chi connectivity index (χ0v) is 17.8. The molecular formula is C21H21ClN6O4. The molecule has 1 aliphatic heterocycles. The molecule has 1 aromatic carbocycles. The minimum absolute atomic E-state index is 0.00847. The third-order valence-electron chi connectivity index (χ3n) is 5.81. The number of rotatable bonds is 4. The van der Waals surface area contributed by atoms with Gasteiger partial charge in [-0.15, -0.1) is 0 Å². The molecular weight excluding hydrogens is 436 g/mol. The maximum absolute atomic E-state index is 11.0. The number of aliphatic hydroxyl groups excluding tert-OH is 1. The number of pyridine rings is 1. The number of fused-ring (bicyclic) bond motifs is 2. The zero-order valence-electron chi connectivity index (χ0n) is 17.0. The van der Waals surface area contributed by atoms with E-state index < -0.39 is 24.0 Å². The van der Waals surface area contributed by atoms with E-state index in [4.69, 9.17) is 32.5 Å². The van der Waals surface area contributed by atoms with Crippen LogP contribution < -0.4 is 16.2 Å². The van der Waals surface area contributed by atoms with Crippen molar-refractivity contribution in [3.05, 3.63) is 47.9 Å². The van der Waals surface area contributed by atoms with Gasteiger partial charge in [0.1, 0.15) is 53.8 Å². The average Bonchev–Trinajstić information content (AvgIpc) is 3.28. The van der Waals surface area contributed by atoms with Crippen LogP contribution in [0.5, 0.6) is 5.75 Å². The van der Waals surface area contributed by atoms with Crippen molar-refractivity contribution in [2.75, 3.05) is 18.1 Å². The zero-order chi connectivity index (χ0) is 22.6. The van der Waals surface area contributed by atoms with Gasteiger partial charge in [-0.25, -0.2) is 15.0 Å². The Kier molecular flexibility index (Phi) is 4.82. The minimum atomic E-state index is -1.58. The Labute approximate surface area is 187 Å². The summed E-state index contributed by atoms with van der Waals surface area (Å²) in [7, 11) is 0. The van der Waals surface area contributed by atoms with Crippen molar-refractivity contribution in [1.82, 2.24) is 19.5 Å². The summed E-state index contributed by atoms with van der Waals surface area (Å²) in [5.74, 6) is 1.06. The maximum atomic E-state index is 11.0. The molecule has 0 aliphatic carbocycles. The molecule has 1 saturated heterocycles. The number of nitrogens with zero attached hydrogens (tertiary/aromatic N) is 4. The van der Waals surface area contributed by atoms with Crippen LogP contribution in [0, 0.1) is 0 Å². The number of nitrogens with two attached hydrogens (primary N) is 2. The molecule has 4 heterocycles. The Morgan fingerprint density at radius 1 is 1.22 bits per heavy atom. The van der Waals surface area contributed by atoms with Crippen LogP contribution in [0.1, 0.15) is 13.2 Å². The second-order valence-corrected chi connectivity index (χ2v) is 8.33. The number of anilines is 2. The van der Waals surface area contributed by atoms with Gasteiger partial charge in [0.05, 0.1) is 15.9 Å². The number of hydrogen-bond donors (Lipinski definition) is 4. The van der Waals surface area contributed by atoms with Crippen LogP contribution >= 0.6 is 11.6 Å². The first-order chi connectivity index (χ1) is 15.3. The fourth-order valence-electron chi connectivity index (χ4n) is 3.88. The quantitative estimate of drug-likeness (QED) is 0.360. The van der Waals surface area contributed by atoms with Crippen LogP contribution in [0.4, 0.5) is 11.6 Å². The van der Waals surface area contributed by atoms with Crippen molar-refractivity contribution in [2.24, 2.45) is 0 Å². The molecule has 0 amide bonds. The number of aromatic nitrogens is 4. The first-order valence-corrected chi connectivity index (χ1v) is 10.2. The van der Waals surface area contributed by atoms with E-state index >= 15 is 0 Å². The Bertz CT molecular complexity index is 1330. The fraction of sp³-hybridized carbons (Fsp3) is 0.286. The summed E-state index contributed by atoms with van der Waals surface area (Å²) in [5.41, 5.74) is 11.2. The second kappa shape index (κ2) is 7.45. The lowest BCUT2D eigenvalue weighted by Gasteiger charge is -2.26. The predicted molar refractivity (Wildman–Crippen MR) is 119 cm³/mol. The molecule has 32 heavy (non-hydrogen) atoms. The van der Waals surface area contributed by atoms with Gasteiger partial charge < -0.3 is 35.7 Å². The van der Waals surface area contributed by atoms with Gasteiger partial charge >= 0.3 is 0 Å².